The van der Waals surface area contributed by atoms with E-state index in [-0.39, 0.29) is 32.9 Å². The predicted octanol–water partition coefficient (Wildman–Crippen LogP) is 9.01. The lowest BCUT2D eigenvalue weighted by Gasteiger charge is -2.28. The highest BCUT2D eigenvalue weighted by molar-refractivity contribution is 7.97. The van der Waals surface area contributed by atoms with Crippen molar-refractivity contribution in [2.24, 2.45) is 0 Å². The topological polar surface area (TPSA) is 57.2 Å². The molecule has 0 aromatic heterocycles. The second-order valence-electron chi connectivity index (χ2n) is 13.2. The smallest absolute Gasteiger partial charge is 0.170 e. The van der Waals surface area contributed by atoms with Gasteiger partial charge in [-0.2, -0.15) is 0 Å². The standard InChI is InChI=1S/C30H39S.C4H10O3S/c1-28(2,3)22-16-10-13-19-25(22)31(26-20-14-11-17-23(26)29(4,5)6)27-21-15-12-18-24(27)30(7,8)9;1-2-3-4-8(5,6)7/h10-21H,1-9H3;2-4H2,1H3,(H,5,6,7)/q+1;/p-1. The molecular formula is C34H48O3S2. The van der Waals surface area contributed by atoms with Crippen molar-refractivity contribution in [2.45, 2.75) is 113 Å². The fourth-order valence-electron chi connectivity index (χ4n) is 4.47. The van der Waals surface area contributed by atoms with Crippen LogP contribution in [0.4, 0.5) is 0 Å². The Balaban J connectivity index is 0.000000580. The fraction of sp³-hybridized carbons (Fsp3) is 0.471. The molecule has 3 aromatic rings. The van der Waals surface area contributed by atoms with Crippen LogP contribution < -0.4 is 0 Å². The molecule has 0 atom stereocenters. The third kappa shape index (κ3) is 9.51. The maximum absolute atomic E-state index is 9.83. The van der Waals surface area contributed by atoms with E-state index in [1.54, 1.807) is 0 Å². The molecule has 0 amide bonds. The molecule has 0 fully saturated rings. The summed E-state index contributed by atoms with van der Waals surface area (Å²) in [6.07, 6.45) is 1.23. The van der Waals surface area contributed by atoms with Crippen LogP contribution in [0.25, 0.3) is 0 Å². The molecule has 3 rings (SSSR count). The van der Waals surface area contributed by atoms with E-state index in [9.17, 15) is 13.0 Å². The van der Waals surface area contributed by atoms with Crippen LogP contribution in [0.3, 0.4) is 0 Å². The zero-order chi connectivity index (χ0) is 29.6. The van der Waals surface area contributed by atoms with Crippen molar-refractivity contribution in [2.75, 3.05) is 5.75 Å². The molecule has 3 nitrogen and oxygen atoms in total. The van der Waals surface area contributed by atoms with Crippen LogP contribution in [0, 0.1) is 0 Å². The molecular weight excluding hydrogens is 521 g/mol. The van der Waals surface area contributed by atoms with E-state index in [0.29, 0.717) is 6.42 Å². The van der Waals surface area contributed by atoms with Crippen LogP contribution in [0.15, 0.2) is 87.5 Å². The average molecular weight is 569 g/mol. The molecule has 0 N–H and O–H groups in total. The first-order valence-electron chi connectivity index (χ1n) is 13.8. The maximum Gasteiger partial charge on any atom is 0.170 e. The first-order chi connectivity index (χ1) is 17.9. The summed E-state index contributed by atoms with van der Waals surface area (Å²) in [5.41, 5.74) is 4.54. The summed E-state index contributed by atoms with van der Waals surface area (Å²) in [6, 6.07) is 27.3. The molecule has 39 heavy (non-hydrogen) atoms. The first kappa shape index (κ1) is 33.1. The zero-order valence-electron chi connectivity index (χ0n) is 25.6. The number of benzene rings is 3. The van der Waals surface area contributed by atoms with Gasteiger partial charge in [0.05, 0.1) is 10.1 Å². The number of rotatable bonds is 6. The SMILES string of the molecule is CC(C)(C)c1ccccc1[S+](c1ccccc1C(C)(C)C)c1ccccc1C(C)(C)C.CCCCS(=O)(=O)[O-]. The highest BCUT2D eigenvalue weighted by atomic mass is 32.2. The summed E-state index contributed by atoms with van der Waals surface area (Å²) in [5, 5.41) is 0. The van der Waals surface area contributed by atoms with Crippen LogP contribution in [-0.2, 0) is 37.3 Å². The molecule has 5 heteroatoms. The highest BCUT2D eigenvalue weighted by Gasteiger charge is 2.40. The first-order valence-corrected chi connectivity index (χ1v) is 16.6. The molecule has 0 bridgehead atoms. The van der Waals surface area contributed by atoms with Gasteiger partial charge >= 0.3 is 0 Å². The lowest BCUT2D eigenvalue weighted by molar-refractivity contribution is 0.461. The van der Waals surface area contributed by atoms with E-state index < -0.39 is 10.1 Å². The monoisotopic (exact) mass is 568 g/mol. The van der Waals surface area contributed by atoms with Gasteiger partial charge in [-0.25, -0.2) is 8.42 Å². The Bertz CT molecular complexity index is 1180. The number of unbranched alkanes of at least 4 members (excludes halogenated alkanes) is 1. The Morgan fingerprint density at radius 2 is 0.872 bits per heavy atom. The molecule has 3 aromatic carbocycles. The van der Waals surface area contributed by atoms with Crippen molar-refractivity contribution in [1.82, 2.24) is 0 Å². The van der Waals surface area contributed by atoms with Gasteiger partial charge in [0.2, 0.25) is 0 Å². The second kappa shape index (κ2) is 13.1. The van der Waals surface area contributed by atoms with Gasteiger partial charge in [0.25, 0.3) is 0 Å². The van der Waals surface area contributed by atoms with Crippen molar-refractivity contribution in [3.63, 3.8) is 0 Å². The Kier molecular flexibility index (Phi) is 11.1. The molecule has 0 aliphatic carbocycles. The lowest BCUT2D eigenvalue weighted by atomic mass is 9.87. The van der Waals surface area contributed by atoms with E-state index in [4.69, 9.17) is 0 Å². The third-order valence-corrected chi connectivity index (χ3v) is 9.67. The number of hydrogen-bond donors (Lipinski definition) is 0. The Morgan fingerprint density at radius 3 is 1.08 bits per heavy atom. The minimum absolute atomic E-state index is 0.0786. The van der Waals surface area contributed by atoms with Crippen molar-refractivity contribution in [3.05, 3.63) is 89.5 Å². The molecule has 0 radical (unpaired) electrons. The van der Waals surface area contributed by atoms with Gasteiger partial charge in [-0.3, -0.25) is 0 Å². The highest BCUT2D eigenvalue weighted by Crippen LogP contribution is 2.44. The third-order valence-electron chi connectivity index (χ3n) is 6.49. The number of hydrogen-bond acceptors (Lipinski definition) is 3. The van der Waals surface area contributed by atoms with Gasteiger partial charge in [-0.15, -0.1) is 0 Å². The molecule has 0 aliphatic rings. The Labute approximate surface area is 241 Å². The predicted molar refractivity (Wildman–Crippen MR) is 167 cm³/mol. The summed E-state index contributed by atoms with van der Waals surface area (Å²) in [7, 11) is -4.12. The van der Waals surface area contributed by atoms with E-state index in [1.807, 2.05) is 6.92 Å². The summed E-state index contributed by atoms with van der Waals surface area (Å²) < 4.78 is 29.5. The summed E-state index contributed by atoms with van der Waals surface area (Å²) >= 11 is 0. The van der Waals surface area contributed by atoms with Crippen molar-refractivity contribution in [1.29, 1.82) is 0 Å². The van der Waals surface area contributed by atoms with Crippen molar-refractivity contribution >= 4 is 21.0 Å². The summed E-state index contributed by atoms with van der Waals surface area (Å²) in [4.78, 5) is 4.34. The van der Waals surface area contributed by atoms with Gasteiger partial charge in [-0.05, 0) is 40.9 Å². The minimum Gasteiger partial charge on any atom is -0.748 e. The molecule has 214 valence electrons. The van der Waals surface area contributed by atoms with E-state index in [0.717, 1.165) is 6.42 Å². The average Bonchev–Trinajstić information content (AvgIpc) is 2.82. The molecule has 0 aliphatic heterocycles. The van der Waals surface area contributed by atoms with Crippen LogP contribution >= 0.6 is 0 Å². The van der Waals surface area contributed by atoms with Crippen molar-refractivity contribution in [3.8, 4) is 0 Å². The Morgan fingerprint density at radius 1 is 0.590 bits per heavy atom. The van der Waals surface area contributed by atoms with Gasteiger partial charge in [-0.1, -0.05) is 130 Å². The van der Waals surface area contributed by atoms with Crippen LogP contribution in [0.2, 0.25) is 0 Å². The normalized spacial score (nSPS) is 12.7. The van der Waals surface area contributed by atoms with Gasteiger partial charge < -0.3 is 4.55 Å². The maximum atomic E-state index is 9.83. The summed E-state index contributed by atoms with van der Waals surface area (Å²) in [6.45, 7) is 22.8. The van der Waals surface area contributed by atoms with E-state index >= 15 is 0 Å². The molecule has 0 heterocycles. The van der Waals surface area contributed by atoms with Gasteiger partial charge in [0.15, 0.2) is 14.7 Å². The lowest BCUT2D eigenvalue weighted by Crippen LogP contribution is -2.23. The minimum atomic E-state index is -3.94. The van der Waals surface area contributed by atoms with E-state index in [1.165, 1.54) is 31.4 Å². The van der Waals surface area contributed by atoms with Gasteiger partial charge in [0, 0.05) is 22.4 Å². The summed E-state index contributed by atoms with van der Waals surface area (Å²) in [5.74, 6) is -0.219. The van der Waals surface area contributed by atoms with Gasteiger partial charge in [0.1, 0.15) is 10.9 Å². The molecule has 0 spiro atoms. The largest absolute Gasteiger partial charge is 0.748 e. The molecule has 0 unspecified atom stereocenters. The molecule has 0 saturated heterocycles. The Hall–Kier alpha value is -2.08. The zero-order valence-corrected chi connectivity index (χ0v) is 27.2. The van der Waals surface area contributed by atoms with Crippen LogP contribution in [-0.4, -0.2) is 18.7 Å². The fourth-order valence-corrected chi connectivity index (χ4v) is 8.25. The van der Waals surface area contributed by atoms with Crippen LogP contribution in [0.5, 0.6) is 0 Å². The van der Waals surface area contributed by atoms with Crippen molar-refractivity contribution < 1.29 is 13.0 Å². The van der Waals surface area contributed by atoms with E-state index in [2.05, 4.69) is 135 Å². The molecule has 0 saturated carbocycles. The van der Waals surface area contributed by atoms with Crippen LogP contribution in [0.1, 0.15) is 98.8 Å². The second-order valence-corrected chi connectivity index (χ2v) is 16.6. The quantitative estimate of drug-likeness (QED) is 0.220.